The minimum Gasteiger partial charge on any atom is -0.447 e. The van der Waals surface area contributed by atoms with Crippen LogP contribution in [0.1, 0.15) is 0 Å². The summed E-state index contributed by atoms with van der Waals surface area (Å²) in [7, 11) is 0. The normalized spacial score (nSPS) is 44.5. The van der Waals surface area contributed by atoms with Gasteiger partial charge in [0.2, 0.25) is 12.2 Å². The Morgan fingerprint density at radius 3 is 2.53 bits per heavy atom. The van der Waals surface area contributed by atoms with Crippen molar-refractivity contribution in [2.75, 3.05) is 13.2 Å². The monoisotopic (exact) mass is 219 g/mol. The van der Waals surface area contributed by atoms with Gasteiger partial charge in [-0.25, -0.2) is 4.99 Å². The number of hydrogen-bond donors (Lipinski definition) is 4. The van der Waals surface area contributed by atoms with Gasteiger partial charge in [0.15, 0.2) is 0 Å². The third-order valence-electron chi connectivity index (χ3n) is 2.53. The van der Waals surface area contributed by atoms with Crippen LogP contribution in [0.2, 0.25) is 0 Å². The second-order valence-electron chi connectivity index (χ2n) is 3.50. The molecular weight excluding hydrogens is 206 g/mol. The van der Waals surface area contributed by atoms with Crippen molar-refractivity contribution in [3.8, 4) is 0 Å². The number of aliphatic hydroxyl groups excluding tert-OH is 4. The number of ether oxygens (including phenoxy) is 2. The summed E-state index contributed by atoms with van der Waals surface area (Å²) in [6.07, 6.45) is -4.11. The average Bonchev–Trinajstić information content (AvgIpc) is 2.66. The maximum Gasteiger partial charge on any atom is 0.227 e. The highest BCUT2D eigenvalue weighted by atomic mass is 16.7. The Hall–Kier alpha value is -0.730. The van der Waals surface area contributed by atoms with Crippen molar-refractivity contribution >= 4 is 5.90 Å². The second kappa shape index (κ2) is 4.03. The van der Waals surface area contributed by atoms with Gasteiger partial charge >= 0.3 is 0 Å². The molecule has 86 valence electrons. The highest BCUT2D eigenvalue weighted by Crippen LogP contribution is 2.28. The van der Waals surface area contributed by atoms with Crippen molar-refractivity contribution < 1.29 is 29.9 Å². The molecule has 0 unspecified atom stereocenters. The summed E-state index contributed by atoms with van der Waals surface area (Å²) in [6.45, 7) is -0.803. The molecular formula is C8H13NO6. The maximum atomic E-state index is 9.65. The summed E-state index contributed by atoms with van der Waals surface area (Å²) in [5.74, 6) is 0.0647. The highest BCUT2D eigenvalue weighted by Gasteiger charge is 2.48. The van der Waals surface area contributed by atoms with Gasteiger partial charge in [0.05, 0.1) is 6.61 Å². The van der Waals surface area contributed by atoms with Crippen LogP contribution < -0.4 is 0 Å². The van der Waals surface area contributed by atoms with Crippen molar-refractivity contribution in [3.05, 3.63) is 0 Å². The number of nitrogens with zero attached hydrogens (tertiary/aromatic N) is 1. The number of rotatable bonds is 2. The van der Waals surface area contributed by atoms with E-state index in [9.17, 15) is 10.2 Å². The van der Waals surface area contributed by atoms with Gasteiger partial charge in [0, 0.05) is 0 Å². The molecule has 0 bridgehead atoms. The zero-order chi connectivity index (χ0) is 11.0. The van der Waals surface area contributed by atoms with E-state index in [2.05, 4.69) is 4.99 Å². The topological polar surface area (TPSA) is 112 Å². The average molecular weight is 219 g/mol. The van der Waals surface area contributed by atoms with Crippen LogP contribution in [0.3, 0.4) is 0 Å². The predicted molar refractivity (Wildman–Crippen MR) is 47.2 cm³/mol. The van der Waals surface area contributed by atoms with Crippen LogP contribution in [0.5, 0.6) is 0 Å². The van der Waals surface area contributed by atoms with Crippen molar-refractivity contribution in [3.63, 3.8) is 0 Å². The first-order valence-corrected chi connectivity index (χ1v) is 4.64. The standard InChI is InChI=1S/C8H13NO6/c10-1-3-6(12)7(13)5-8(14-3)15-4(2-11)9-5/h3,5-8,10-13H,1-2H2/t3-,5-,6-,7-,8-/m1/s1. The molecule has 2 rings (SSSR count). The van der Waals surface area contributed by atoms with E-state index in [1.54, 1.807) is 0 Å². The van der Waals surface area contributed by atoms with Gasteiger partial charge in [-0.1, -0.05) is 0 Å². The van der Waals surface area contributed by atoms with Crippen LogP contribution in [0.25, 0.3) is 0 Å². The zero-order valence-corrected chi connectivity index (χ0v) is 7.85. The van der Waals surface area contributed by atoms with Crippen LogP contribution in [0.15, 0.2) is 4.99 Å². The lowest BCUT2D eigenvalue weighted by Crippen LogP contribution is -2.56. The van der Waals surface area contributed by atoms with E-state index in [4.69, 9.17) is 19.7 Å². The molecule has 5 atom stereocenters. The number of hydrogen-bond acceptors (Lipinski definition) is 7. The Kier molecular flexibility index (Phi) is 2.89. The van der Waals surface area contributed by atoms with E-state index in [1.165, 1.54) is 0 Å². The molecule has 15 heavy (non-hydrogen) atoms. The Labute approximate surface area is 85.6 Å². The fourth-order valence-electron chi connectivity index (χ4n) is 1.71. The largest absolute Gasteiger partial charge is 0.447 e. The minimum absolute atomic E-state index is 0.0647. The smallest absolute Gasteiger partial charge is 0.227 e. The zero-order valence-electron chi connectivity index (χ0n) is 7.85. The first-order valence-electron chi connectivity index (χ1n) is 4.64. The molecule has 0 aromatic carbocycles. The van der Waals surface area contributed by atoms with Crippen molar-refractivity contribution in [1.29, 1.82) is 0 Å². The molecule has 1 fully saturated rings. The summed E-state index contributed by atoms with van der Waals surface area (Å²) >= 11 is 0. The summed E-state index contributed by atoms with van der Waals surface area (Å²) in [4.78, 5) is 3.86. The molecule has 7 nitrogen and oxygen atoms in total. The van der Waals surface area contributed by atoms with Crippen molar-refractivity contribution in [2.45, 2.75) is 30.6 Å². The quantitative estimate of drug-likeness (QED) is 0.399. The molecule has 0 aromatic rings. The number of aliphatic hydroxyl groups is 4. The fourth-order valence-corrected chi connectivity index (χ4v) is 1.71. The molecule has 2 heterocycles. The molecule has 0 aromatic heterocycles. The maximum absolute atomic E-state index is 9.65. The molecule has 0 aliphatic carbocycles. The van der Waals surface area contributed by atoms with E-state index in [0.717, 1.165) is 0 Å². The van der Waals surface area contributed by atoms with Crippen LogP contribution in [0, 0.1) is 0 Å². The minimum atomic E-state index is -1.21. The predicted octanol–water partition coefficient (Wildman–Crippen LogP) is -2.78. The van der Waals surface area contributed by atoms with Gasteiger partial charge in [0.1, 0.15) is 31.0 Å². The highest BCUT2D eigenvalue weighted by molar-refractivity contribution is 5.79. The fraction of sp³-hybridized carbons (Fsp3) is 0.875. The third-order valence-corrected chi connectivity index (χ3v) is 2.53. The first-order chi connectivity index (χ1) is 7.17. The van der Waals surface area contributed by atoms with E-state index in [1.807, 2.05) is 0 Å². The number of fused-ring (bicyclic) bond motifs is 1. The molecule has 0 radical (unpaired) electrons. The molecule has 0 amide bonds. The molecule has 2 aliphatic heterocycles. The summed E-state index contributed by atoms with van der Waals surface area (Å²) in [5, 5.41) is 36.8. The summed E-state index contributed by atoms with van der Waals surface area (Å²) < 4.78 is 10.2. The van der Waals surface area contributed by atoms with Gasteiger partial charge < -0.3 is 29.9 Å². The molecule has 1 saturated heterocycles. The van der Waals surface area contributed by atoms with Gasteiger partial charge in [-0.05, 0) is 0 Å². The van der Waals surface area contributed by atoms with Crippen LogP contribution >= 0.6 is 0 Å². The van der Waals surface area contributed by atoms with Gasteiger partial charge in [-0.3, -0.25) is 0 Å². The van der Waals surface area contributed by atoms with Crippen molar-refractivity contribution in [1.82, 2.24) is 0 Å². The third kappa shape index (κ3) is 1.72. The first kappa shape index (κ1) is 10.8. The molecule has 2 aliphatic rings. The van der Waals surface area contributed by atoms with Gasteiger partial charge in [-0.2, -0.15) is 0 Å². The Morgan fingerprint density at radius 2 is 1.93 bits per heavy atom. The summed E-state index contributed by atoms with van der Waals surface area (Å²) in [5.41, 5.74) is 0. The van der Waals surface area contributed by atoms with E-state index >= 15 is 0 Å². The van der Waals surface area contributed by atoms with Crippen LogP contribution in [0.4, 0.5) is 0 Å². The molecule has 0 saturated carbocycles. The molecule has 0 spiro atoms. The molecule has 7 heteroatoms. The van der Waals surface area contributed by atoms with Gasteiger partial charge in [-0.15, -0.1) is 0 Å². The lowest BCUT2D eigenvalue weighted by atomic mass is 9.98. The van der Waals surface area contributed by atoms with Gasteiger partial charge in [0.25, 0.3) is 0 Å². The van der Waals surface area contributed by atoms with Crippen LogP contribution in [-0.2, 0) is 9.47 Å². The lowest BCUT2D eigenvalue weighted by molar-refractivity contribution is -0.234. The number of aliphatic imine (C=N–C) groups is 1. The van der Waals surface area contributed by atoms with E-state index in [0.29, 0.717) is 0 Å². The SMILES string of the molecule is OCC1=N[C@H]2[C@@H](O1)O[C@H](CO)[C@@H](O)[C@@H]2O. The Balaban J connectivity index is 2.12. The second-order valence-corrected chi connectivity index (χ2v) is 3.50. The Morgan fingerprint density at radius 1 is 1.20 bits per heavy atom. The van der Waals surface area contributed by atoms with E-state index < -0.39 is 37.3 Å². The molecule has 4 N–H and O–H groups in total. The Bertz CT molecular complexity index is 270. The van der Waals surface area contributed by atoms with Crippen LogP contribution in [-0.4, -0.2) is 70.2 Å². The lowest BCUT2D eigenvalue weighted by Gasteiger charge is -2.36. The van der Waals surface area contributed by atoms with E-state index in [-0.39, 0.29) is 12.5 Å². The van der Waals surface area contributed by atoms with Crippen molar-refractivity contribution in [2.24, 2.45) is 4.99 Å². The summed E-state index contributed by atoms with van der Waals surface area (Å²) in [6, 6.07) is -0.745.